The quantitative estimate of drug-likeness (QED) is 0.208. The minimum absolute atomic E-state index is 0.114. The van der Waals surface area contributed by atoms with Crippen molar-refractivity contribution in [3.05, 3.63) is 82.2 Å². The molecule has 0 aliphatic carbocycles. The van der Waals surface area contributed by atoms with Gasteiger partial charge >= 0.3 is 5.91 Å². The second kappa shape index (κ2) is 10.3. The van der Waals surface area contributed by atoms with Crippen LogP contribution >= 0.6 is 0 Å². The molecule has 0 bridgehead atoms. The van der Waals surface area contributed by atoms with Gasteiger partial charge in [0.25, 0.3) is 5.69 Å². The van der Waals surface area contributed by atoms with Crippen LogP contribution in [0.2, 0.25) is 0 Å². The molecule has 0 saturated heterocycles. The van der Waals surface area contributed by atoms with Gasteiger partial charge in [-0.1, -0.05) is 0 Å². The van der Waals surface area contributed by atoms with Crippen LogP contribution in [0.3, 0.4) is 0 Å². The fourth-order valence-corrected chi connectivity index (χ4v) is 3.11. The van der Waals surface area contributed by atoms with Crippen molar-refractivity contribution < 1.29 is 28.3 Å². The molecule has 178 valence electrons. The molecule has 0 saturated carbocycles. The zero-order valence-corrected chi connectivity index (χ0v) is 18.8. The van der Waals surface area contributed by atoms with Crippen molar-refractivity contribution in [1.29, 1.82) is 0 Å². The number of aromatic nitrogens is 1. The third-order valence-corrected chi connectivity index (χ3v) is 4.74. The minimum atomic E-state index is -0.545. The summed E-state index contributed by atoms with van der Waals surface area (Å²) in [6.07, 6.45) is 2.54. The van der Waals surface area contributed by atoms with Crippen LogP contribution in [-0.4, -0.2) is 35.7 Å². The summed E-state index contributed by atoms with van der Waals surface area (Å²) in [5, 5.41) is 15.5. The van der Waals surface area contributed by atoms with Gasteiger partial charge in [0.1, 0.15) is 17.5 Å². The highest BCUT2D eigenvalue weighted by Crippen LogP contribution is 2.31. The van der Waals surface area contributed by atoms with E-state index >= 15 is 0 Å². The van der Waals surface area contributed by atoms with E-state index in [1.807, 2.05) is 6.92 Å². The number of pyridine rings is 1. The molecule has 0 aliphatic rings. The third-order valence-electron chi connectivity index (χ3n) is 4.74. The van der Waals surface area contributed by atoms with E-state index in [1.54, 1.807) is 42.5 Å². The molecule has 2 aromatic carbocycles. The number of nitrogens with zero attached hydrogens (tertiary/aromatic N) is 3. The van der Waals surface area contributed by atoms with Gasteiger partial charge < -0.3 is 18.6 Å². The number of carbonyl (C=O) groups excluding carboxylic acids is 1. The number of hydrazone groups is 1. The maximum absolute atomic E-state index is 12.4. The summed E-state index contributed by atoms with van der Waals surface area (Å²) in [5.74, 6) is 1.19. The molecule has 11 nitrogen and oxygen atoms in total. The molecule has 4 aromatic rings. The number of carbonyl (C=O) groups is 1. The SMILES string of the molecule is CCOc1ccc2oc(C(=O)N/N=C/c3ccc(Oc4ccc([N+](=O)[O-])cn4)c(OC)c3)cc2c1. The number of hydrogen-bond donors (Lipinski definition) is 1. The first-order chi connectivity index (χ1) is 17.0. The molecule has 1 amide bonds. The molecular weight excluding hydrogens is 456 g/mol. The van der Waals surface area contributed by atoms with Crippen LogP contribution < -0.4 is 19.6 Å². The van der Waals surface area contributed by atoms with E-state index in [4.69, 9.17) is 18.6 Å². The van der Waals surface area contributed by atoms with Gasteiger partial charge in [-0.25, -0.2) is 10.4 Å². The highest BCUT2D eigenvalue weighted by atomic mass is 16.6. The minimum Gasteiger partial charge on any atom is -0.494 e. The lowest BCUT2D eigenvalue weighted by Gasteiger charge is -2.10. The van der Waals surface area contributed by atoms with Gasteiger partial charge in [-0.3, -0.25) is 14.9 Å². The van der Waals surface area contributed by atoms with Crippen molar-refractivity contribution in [2.75, 3.05) is 13.7 Å². The van der Waals surface area contributed by atoms with Gasteiger partial charge in [0, 0.05) is 17.5 Å². The van der Waals surface area contributed by atoms with E-state index in [2.05, 4.69) is 15.5 Å². The lowest BCUT2D eigenvalue weighted by Crippen LogP contribution is -2.16. The van der Waals surface area contributed by atoms with Gasteiger partial charge in [-0.2, -0.15) is 5.10 Å². The zero-order valence-electron chi connectivity index (χ0n) is 18.8. The Morgan fingerprint density at radius 3 is 2.74 bits per heavy atom. The molecule has 2 heterocycles. The second-order valence-corrected chi connectivity index (χ2v) is 7.07. The fourth-order valence-electron chi connectivity index (χ4n) is 3.11. The maximum Gasteiger partial charge on any atom is 0.307 e. The average molecular weight is 476 g/mol. The molecule has 0 atom stereocenters. The summed E-state index contributed by atoms with van der Waals surface area (Å²) in [6, 6.07) is 14.6. The number of rotatable bonds is 9. The van der Waals surface area contributed by atoms with E-state index in [-0.39, 0.29) is 17.3 Å². The summed E-state index contributed by atoms with van der Waals surface area (Å²) in [4.78, 5) is 26.5. The summed E-state index contributed by atoms with van der Waals surface area (Å²) >= 11 is 0. The van der Waals surface area contributed by atoms with Gasteiger partial charge in [0.2, 0.25) is 5.88 Å². The standard InChI is InChI=1S/C24H20N4O7/c1-3-33-18-6-8-19-16(11-18)12-22(34-19)24(29)27-26-13-15-4-7-20(21(10-15)32-2)35-23-9-5-17(14-25-23)28(30)31/h4-14H,3H2,1-2H3,(H,27,29)/b26-13+. The normalized spacial score (nSPS) is 10.9. The molecule has 0 radical (unpaired) electrons. The summed E-state index contributed by atoms with van der Waals surface area (Å²) in [6.45, 7) is 2.43. The van der Waals surface area contributed by atoms with Crippen LogP contribution in [0.4, 0.5) is 5.69 Å². The van der Waals surface area contributed by atoms with Crippen molar-refractivity contribution in [3.8, 4) is 23.1 Å². The van der Waals surface area contributed by atoms with E-state index in [0.29, 0.717) is 35.0 Å². The highest BCUT2D eigenvalue weighted by molar-refractivity contribution is 5.96. The first-order valence-electron chi connectivity index (χ1n) is 10.4. The molecule has 4 rings (SSSR count). The van der Waals surface area contributed by atoms with Crippen molar-refractivity contribution in [2.45, 2.75) is 6.92 Å². The van der Waals surface area contributed by atoms with Crippen LogP contribution in [-0.2, 0) is 0 Å². The summed E-state index contributed by atoms with van der Waals surface area (Å²) in [5.41, 5.74) is 3.46. The smallest absolute Gasteiger partial charge is 0.307 e. The topological polar surface area (TPSA) is 138 Å². The van der Waals surface area contributed by atoms with Crippen LogP contribution in [0.5, 0.6) is 23.1 Å². The van der Waals surface area contributed by atoms with Gasteiger partial charge in [0.05, 0.1) is 24.9 Å². The Balaban J connectivity index is 1.41. The Hall–Kier alpha value is -4.93. The molecule has 35 heavy (non-hydrogen) atoms. The fraction of sp³-hybridized carbons (Fsp3) is 0.125. The van der Waals surface area contributed by atoms with E-state index in [9.17, 15) is 14.9 Å². The number of furan rings is 1. The molecule has 0 unspecified atom stereocenters. The van der Waals surface area contributed by atoms with Crippen LogP contribution in [0, 0.1) is 10.1 Å². The Kier molecular flexibility index (Phi) is 6.86. The van der Waals surface area contributed by atoms with Crippen molar-refractivity contribution >= 4 is 28.8 Å². The predicted octanol–water partition coefficient (Wildman–Crippen LogP) is 4.70. The Labute approximate surface area is 199 Å². The molecule has 0 aliphatic heterocycles. The number of hydrogen-bond acceptors (Lipinski definition) is 9. The first kappa shape index (κ1) is 23.2. The van der Waals surface area contributed by atoms with Gasteiger partial charge in [-0.15, -0.1) is 0 Å². The van der Waals surface area contributed by atoms with Crippen LogP contribution in [0.1, 0.15) is 23.0 Å². The van der Waals surface area contributed by atoms with Crippen molar-refractivity contribution in [3.63, 3.8) is 0 Å². The second-order valence-electron chi connectivity index (χ2n) is 7.07. The Bertz CT molecular complexity index is 1400. The van der Waals surface area contributed by atoms with Gasteiger partial charge in [0.15, 0.2) is 17.3 Å². The third kappa shape index (κ3) is 5.53. The number of ether oxygens (including phenoxy) is 3. The number of nitro groups is 1. The molecule has 11 heteroatoms. The van der Waals surface area contributed by atoms with Crippen molar-refractivity contribution in [1.82, 2.24) is 10.4 Å². The van der Waals surface area contributed by atoms with Crippen LogP contribution in [0.15, 0.2) is 70.3 Å². The summed E-state index contributed by atoms with van der Waals surface area (Å²) < 4.78 is 22.0. The van der Waals surface area contributed by atoms with Gasteiger partial charge in [-0.05, 0) is 55.0 Å². The van der Waals surface area contributed by atoms with E-state index in [1.165, 1.54) is 25.5 Å². The first-order valence-corrected chi connectivity index (χ1v) is 10.4. The number of methoxy groups -OCH3 is 1. The highest BCUT2D eigenvalue weighted by Gasteiger charge is 2.13. The number of fused-ring (bicyclic) bond motifs is 1. The van der Waals surface area contributed by atoms with E-state index < -0.39 is 10.8 Å². The zero-order chi connectivity index (χ0) is 24.8. The Morgan fingerprint density at radius 1 is 1.17 bits per heavy atom. The monoisotopic (exact) mass is 476 g/mol. The number of amides is 1. The lowest BCUT2D eigenvalue weighted by molar-refractivity contribution is -0.385. The summed E-state index contributed by atoms with van der Waals surface area (Å²) in [7, 11) is 1.46. The number of nitrogens with one attached hydrogen (secondary N) is 1. The molecule has 1 N–H and O–H groups in total. The largest absolute Gasteiger partial charge is 0.494 e. The van der Waals surface area contributed by atoms with Crippen LogP contribution in [0.25, 0.3) is 11.0 Å². The molecule has 0 fully saturated rings. The molecule has 2 aromatic heterocycles. The van der Waals surface area contributed by atoms with Crippen molar-refractivity contribution in [2.24, 2.45) is 5.10 Å². The Morgan fingerprint density at radius 2 is 2.03 bits per heavy atom. The average Bonchev–Trinajstić information content (AvgIpc) is 3.29. The van der Waals surface area contributed by atoms with E-state index in [0.717, 1.165) is 11.6 Å². The lowest BCUT2D eigenvalue weighted by atomic mass is 10.2. The number of benzene rings is 2. The maximum atomic E-state index is 12.4. The predicted molar refractivity (Wildman–Crippen MR) is 126 cm³/mol. The molecule has 0 spiro atoms. The molecular formula is C24H20N4O7.